The molecule has 0 N–H and O–H groups in total. The van der Waals surface area contributed by atoms with Crippen LogP contribution in [-0.4, -0.2) is 18.0 Å². The van der Waals surface area contributed by atoms with Crippen LogP contribution in [0.15, 0.2) is 22.7 Å². The molecule has 0 saturated carbocycles. The Hall–Kier alpha value is -0.850. The van der Waals surface area contributed by atoms with E-state index in [9.17, 15) is 5.26 Å². The van der Waals surface area contributed by atoms with Crippen LogP contribution in [0.25, 0.3) is 0 Å². The zero-order valence-corrected chi connectivity index (χ0v) is 12.4. The summed E-state index contributed by atoms with van der Waals surface area (Å²) in [5, 5.41) is 9.48. The van der Waals surface area contributed by atoms with Gasteiger partial charge in [0.15, 0.2) is 0 Å². The molecule has 3 heteroatoms. The van der Waals surface area contributed by atoms with Crippen molar-refractivity contribution < 1.29 is 0 Å². The van der Waals surface area contributed by atoms with Crippen molar-refractivity contribution in [3.63, 3.8) is 0 Å². The third-order valence-electron chi connectivity index (χ3n) is 3.64. The first-order valence-corrected chi connectivity index (χ1v) is 7.41. The number of aryl methyl sites for hydroxylation is 1. The summed E-state index contributed by atoms with van der Waals surface area (Å²) in [4.78, 5) is 2.32. The van der Waals surface area contributed by atoms with E-state index in [0.717, 1.165) is 23.1 Å². The van der Waals surface area contributed by atoms with Crippen LogP contribution < -0.4 is 0 Å². The van der Waals surface area contributed by atoms with Gasteiger partial charge in [-0.3, -0.25) is 4.90 Å². The highest BCUT2D eigenvalue weighted by molar-refractivity contribution is 9.10. The van der Waals surface area contributed by atoms with E-state index in [1.807, 2.05) is 0 Å². The van der Waals surface area contributed by atoms with E-state index < -0.39 is 0 Å². The number of hydrogen-bond donors (Lipinski definition) is 0. The molecule has 1 fully saturated rings. The Morgan fingerprint density at radius 3 is 2.44 bits per heavy atom. The fourth-order valence-electron chi connectivity index (χ4n) is 2.50. The first kappa shape index (κ1) is 13.6. The van der Waals surface area contributed by atoms with Gasteiger partial charge in [-0.2, -0.15) is 5.26 Å². The Balaban J connectivity index is 2.21. The molecule has 2 rings (SSSR count). The van der Waals surface area contributed by atoms with E-state index in [2.05, 4.69) is 52.0 Å². The van der Waals surface area contributed by atoms with E-state index in [-0.39, 0.29) is 6.04 Å². The molecule has 1 heterocycles. The summed E-state index contributed by atoms with van der Waals surface area (Å²) in [6.07, 6.45) is 5.02. The molecule has 1 aromatic carbocycles. The van der Waals surface area contributed by atoms with E-state index in [4.69, 9.17) is 0 Å². The summed E-state index contributed by atoms with van der Waals surface area (Å²) in [6.45, 7) is 4.16. The highest BCUT2D eigenvalue weighted by atomic mass is 79.9. The molecule has 96 valence electrons. The molecule has 1 atom stereocenters. The Bertz CT molecular complexity index is 442. The van der Waals surface area contributed by atoms with Gasteiger partial charge in [-0.1, -0.05) is 40.9 Å². The summed E-state index contributed by atoms with van der Waals surface area (Å²) in [5.41, 5.74) is 2.32. The second kappa shape index (κ2) is 6.36. The Labute approximate surface area is 118 Å². The molecule has 2 nitrogen and oxygen atoms in total. The topological polar surface area (TPSA) is 27.0 Å². The smallest absolute Gasteiger partial charge is 0.123 e. The van der Waals surface area contributed by atoms with Gasteiger partial charge in [0.05, 0.1) is 6.07 Å². The van der Waals surface area contributed by atoms with Crippen LogP contribution in [0.3, 0.4) is 0 Å². The highest BCUT2D eigenvalue weighted by Crippen LogP contribution is 2.27. The average Bonchev–Trinajstić information content (AvgIpc) is 2.64. The van der Waals surface area contributed by atoms with Crippen LogP contribution in [-0.2, 0) is 0 Å². The van der Waals surface area contributed by atoms with E-state index >= 15 is 0 Å². The van der Waals surface area contributed by atoms with Crippen molar-refractivity contribution in [2.75, 3.05) is 13.1 Å². The molecule has 0 radical (unpaired) electrons. The van der Waals surface area contributed by atoms with Gasteiger partial charge >= 0.3 is 0 Å². The van der Waals surface area contributed by atoms with Crippen molar-refractivity contribution in [1.82, 2.24) is 4.90 Å². The van der Waals surface area contributed by atoms with Crippen molar-refractivity contribution in [3.8, 4) is 6.07 Å². The van der Waals surface area contributed by atoms with Crippen LogP contribution in [0.4, 0.5) is 0 Å². The lowest BCUT2D eigenvalue weighted by atomic mass is 10.0. The zero-order valence-electron chi connectivity index (χ0n) is 10.8. The first-order chi connectivity index (χ1) is 8.72. The van der Waals surface area contributed by atoms with Gasteiger partial charge in [-0.25, -0.2) is 0 Å². The molecule has 0 aromatic heterocycles. The van der Waals surface area contributed by atoms with Crippen LogP contribution in [0.2, 0.25) is 0 Å². The third kappa shape index (κ3) is 3.13. The lowest BCUT2D eigenvalue weighted by Crippen LogP contribution is -2.28. The van der Waals surface area contributed by atoms with Crippen LogP contribution >= 0.6 is 15.9 Å². The second-order valence-corrected chi connectivity index (χ2v) is 5.84. The first-order valence-electron chi connectivity index (χ1n) is 6.62. The zero-order chi connectivity index (χ0) is 13.0. The number of hydrogen-bond acceptors (Lipinski definition) is 2. The Morgan fingerprint density at radius 1 is 1.22 bits per heavy atom. The number of likely N-dealkylation sites (tertiary alicyclic amines) is 1. The van der Waals surface area contributed by atoms with Crippen molar-refractivity contribution in [3.05, 3.63) is 33.8 Å². The van der Waals surface area contributed by atoms with Gasteiger partial charge in [0, 0.05) is 4.47 Å². The fourth-order valence-corrected chi connectivity index (χ4v) is 2.90. The standard InChI is InChI=1S/C15H19BrN2/c1-12-6-7-13(10-14(12)16)15(11-17)18-8-4-2-3-5-9-18/h6-7,10,15H,2-5,8-9H2,1H3. The van der Waals surface area contributed by atoms with Crippen molar-refractivity contribution >= 4 is 15.9 Å². The normalized spacial score (nSPS) is 18.9. The van der Waals surface area contributed by atoms with Gasteiger partial charge in [0.2, 0.25) is 0 Å². The Morgan fingerprint density at radius 2 is 1.89 bits per heavy atom. The van der Waals surface area contributed by atoms with Crippen molar-refractivity contribution in [1.29, 1.82) is 5.26 Å². The summed E-state index contributed by atoms with van der Waals surface area (Å²) in [7, 11) is 0. The van der Waals surface area contributed by atoms with E-state index in [0.29, 0.717) is 0 Å². The second-order valence-electron chi connectivity index (χ2n) is 4.99. The average molecular weight is 307 g/mol. The maximum atomic E-state index is 9.48. The molecular weight excluding hydrogens is 288 g/mol. The van der Waals surface area contributed by atoms with E-state index in [1.165, 1.54) is 31.2 Å². The molecule has 1 aliphatic heterocycles. The summed E-state index contributed by atoms with van der Waals surface area (Å²) in [5.74, 6) is 0. The van der Waals surface area contributed by atoms with Crippen LogP contribution in [0.5, 0.6) is 0 Å². The molecule has 0 bridgehead atoms. The Kier molecular flexibility index (Phi) is 4.79. The molecule has 1 aromatic rings. The summed E-state index contributed by atoms with van der Waals surface area (Å²) < 4.78 is 1.09. The minimum absolute atomic E-state index is 0.0972. The summed E-state index contributed by atoms with van der Waals surface area (Å²) in [6, 6.07) is 8.63. The molecule has 1 unspecified atom stereocenters. The van der Waals surface area contributed by atoms with Crippen LogP contribution in [0.1, 0.15) is 42.9 Å². The maximum absolute atomic E-state index is 9.48. The molecule has 0 spiro atoms. The molecule has 1 saturated heterocycles. The molecule has 18 heavy (non-hydrogen) atoms. The van der Waals surface area contributed by atoms with Crippen molar-refractivity contribution in [2.24, 2.45) is 0 Å². The fraction of sp³-hybridized carbons (Fsp3) is 0.533. The number of benzene rings is 1. The predicted molar refractivity (Wildman–Crippen MR) is 77.3 cm³/mol. The third-order valence-corrected chi connectivity index (χ3v) is 4.49. The number of nitriles is 1. The van der Waals surface area contributed by atoms with Gasteiger partial charge in [0.25, 0.3) is 0 Å². The monoisotopic (exact) mass is 306 g/mol. The maximum Gasteiger partial charge on any atom is 0.123 e. The quantitative estimate of drug-likeness (QED) is 0.819. The number of nitrogens with zero attached hydrogens (tertiary/aromatic N) is 2. The van der Waals surface area contributed by atoms with E-state index in [1.54, 1.807) is 0 Å². The minimum Gasteiger partial charge on any atom is -0.284 e. The lowest BCUT2D eigenvalue weighted by molar-refractivity contribution is 0.245. The highest BCUT2D eigenvalue weighted by Gasteiger charge is 2.21. The molecule has 0 amide bonds. The number of halogens is 1. The summed E-state index contributed by atoms with van der Waals surface area (Å²) >= 11 is 3.56. The molecular formula is C15H19BrN2. The SMILES string of the molecule is Cc1ccc(C(C#N)N2CCCCCC2)cc1Br. The van der Waals surface area contributed by atoms with Crippen LogP contribution in [0, 0.1) is 18.3 Å². The van der Waals surface area contributed by atoms with Gasteiger partial charge in [-0.15, -0.1) is 0 Å². The molecule has 1 aliphatic rings. The molecule has 0 aliphatic carbocycles. The van der Waals surface area contributed by atoms with Crippen molar-refractivity contribution in [2.45, 2.75) is 38.6 Å². The number of rotatable bonds is 2. The van der Waals surface area contributed by atoms with Gasteiger partial charge in [-0.05, 0) is 50.0 Å². The van der Waals surface area contributed by atoms with Gasteiger partial charge in [0.1, 0.15) is 6.04 Å². The lowest BCUT2D eigenvalue weighted by Gasteiger charge is -2.25. The minimum atomic E-state index is -0.0972. The van der Waals surface area contributed by atoms with Gasteiger partial charge < -0.3 is 0 Å². The largest absolute Gasteiger partial charge is 0.284 e. The predicted octanol–water partition coefficient (Wildman–Crippen LogP) is 4.20.